The minimum Gasteiger partial charge on any atom is -0.392 e. The molecule has 0 heterocycles. The number of anilines is 1. The van der Waals surface area contributed by atoms with Gasteiger partial charge in [-0.05, 0) is 29.3 Å². The molecule has 2 aromatic rings. The van der Waals surface area contributed by atoms with E-state index in [4.69, 9.17) is 5.11 Å². The summed E-state index contributed by atoms with van der Waals surface area (Å²) in [4.78, 5) is 11.8. The molecule has 0 bridgehead atoms. The van der Waals surface area contributed by atoms with Crippen LogP contribution in [0.2, 0.25) is 0 Å². The summed E-state index contributed by atoms with van der Waals surface area (Å²) in [5.74, 6) is -0.112. The quantitative estimate of drug-likeness (QED) is 0.817. The number of benzene rings is 2. The lowest BCUT2D eigenvalue weighted by atomic mass is 10.2. The average Bonchev–Trinajstić information content (AvgIpc) is 2.54. The third-order valence-corrected chi connectivity index (χ3v) is 4.51. The molecule has 1 amide bonds. The van der Waals surface area contributed by atoms with Crippen molar-refractivity contribution in [3.8, 4) is 0 Å². The molecule has 0 aliphatic heterocycles. The number of rotatable bonds is 7. The first kappa shape index (κ1) is 17.3. The highest BCUT2D eigenvalue weighted by atomic mass is 32.2. The Morgan fingerprint density at radius 3 is 2.48 bits per heavy atom. The monoisotopic (exact) mass is 335 g/mol. The molecule has 2 N–H and O–H groups in total. The molecule has 4 nitrogen and oxygen atoms in total. The van der Waals surface area contributed by atoms with Crippen LogP contribution in [0.1, 0.15) is 17.5 Å². The second-order valence-corrected chi connectivity index (χ2v) is 6.65. The summed E-state index contributed by atoms with van der Waals surface area (Å²) in [5, 5.41) is 11.5. The maximum absolute atomic E-state index is 13.0. The molecule has 0 saturated heterocycles. The highest BCUT2D eigenvalue weighted by molar-refractivity contribution is 7.84. The second kappa shape index (κ2) is 8.55. The number of amides is 1. The average molecular weight is 335 g/mol. The number of nitrogens with one attached hydrogen (secondary N) is 1. The van der Waals surface area contributed by atoms with Crippen molar-refractivity contribution in [2.24, 2.45) is 0 Å². The Labute approximate surface area is 136 Å². The van der Waals surface area contributed by atoms with Crippen LogP contribution < -0.4 is 5.32 Å². The van der Waals surface area contributed by atoms with E-state index in [0.717, 1.165) is 11.1 Å². The number of aliphatic hydroxyl groups is 1. The van der Waals surface area contributed by atoms with E-state index in [1.165, 1.54) is 18.2 Å². The molecule has 2 aromatic carbocycles. The lowest BCUT2D eigenvalue weighted by Gasteiger charge is -2.06. The predicted molar refractivity (Wildman–Crippen MR) is 88.7 cm³/mol. The van der Waals surface area contributed by atoms with E-state index >= 15 is 0 Å². The van der Waals surface area contributed by atoms with Gasteiger partial charge in [-0.1, -0.05) is 30.3 Å². The Morgan fingerprint density at radius 1 is 1.13 bits per heavy atom. The zero-order chi connectivity index (χ0) is 16.7. The second-order valence-electron chi connectivity index (χ2n) is 5.07. The molecule has 122 valence electrons. The van der Waals surface area contributed by atoms with Gasteiger partial charge in [-0.3, -0.25) is 9.00 Å². The standard InChI is InChI=1S/C17H18FNO3S/c18-15-2-1-3-16(10-15)19-17(21)8-9-23(22)12-14-6-4-13(11-20)5-7-14/h1-7,10,20H,8-9,11-12H2,(H,19,21). The zero-order valence-electron chi connectivity index (χ0n) is 12.5. The number of halogens is 1. The maximum atomic E-state index is 13.0. The van der Waals surface area contributed by atoms with Crippen molar-refractivity contribution in [2.75, 3.05) is 11.1 Å². The van der Waals surface area contributed by atoms with E-state index in [9.17, 15) is 13.4 Å². The van der Waals surface area contributed by atoms with Crippen molar-refractivity contribution in [1.82, 2.24) is 0 Å². The van der Waals surface area contributed by atoms with Crippen molar-refractivity contribution >= 4 is 22.4 Å². The Balaban J connectivity index is 1.78. The molecule has 2 rings (SSSR count). The molecule has 6 heteroatoms. The summed E-state index contributed by atoms with van der Waals surface area (Å²) in [6.45, 7) is -0.0242. The number of aliphatic hydroxyl groups excluding tert-OH is 1. The van der Waals surface area contributed by atoms with Crippen molar-refractivity contribution in [1.29, 1.82) is 0 Å². The zero-order valence-corrected chi connectivity index (χ0v) is 13.3. The molecule has 1 atom stereocenters. The van der Waals surface area contributed by atoms with Crippen LogP contribution in [-0.4, -0.2) is 21.0 Å². The molecule has 0 spiro atoms. The third-order valence-electron chi connectivity index (χ3n) is 3.20. The topological polar surface area (TPSA) is 66.4 Å². The third kappa shape index (κ3) is 5.92. The van der Waals surface area contributed by atoms with Crippen molar-refractivity contribution < 1.29 is 18.5 Å². The van der Waals surface area contributed by atoms with Gasteiger partial charge in [0.25, 0.3) is 0 Å². The van der Waals surface area contributed by atoms with Crippen LogP contribution >= 0.6 is 0 Å². The molecule has 0 saturated carbocycles. The Morgan fingerprint density at radius 2 is 1.83 bits per heavy atom. The van der Waals surface area contributed by atoms with Gasteiger partial charge in [-0.25, -0.2) is 4.39 Å². The molecule has 23 heavy (non-hydrogen) atoms. The maximum Gasteiger partial charge on any atom is 0.225 e. The molecular weight excluding hydrogens is 317 g/mol. The van der Waals surface area contributed by atoms with E-state index in [1.807, 2.05) is 12.1 Å². The van der Waals surface area contributed by atoms with Crippen molar-refractivity contribution in [3.63, 3.8) is 0 Å². The van der Waals surface area contributed by atoms with E-state index in [0.29, 0.717) is 11.4 Å². The van der Waals surface area contributed by atoms with Gasteiger partial charge in [-0.15, -0.1) is 0 Å². The SMILES string of the molecule is O=C(CCS(=O)Cc1ccc(CO)cc1)Nc1cccc(F)c1. The Bertz CT molecular complexity index is 688. The Hall–Kier alpha value is -2.05. The van der Waals surface area contributed by atoms with Crippen LogP contribution in [0, 0.1) is 5.82 Å². The number of hydrogen-bond donors (Lipinski definition) is 2. The highest BCUT2D eigenvalue weighted by Gasteiger charge is 2.08. The summed E-state index contributed by atoms with van der Waals surface area (Å²) in [6.07, 6.45) is 0.109. The smallest absolute Gasteiger partial charge is 0.225 e. The van der Waals surface area contributed by atoms with Gasteiger partial charge in [0.2, 0.25) is 5.91 Å². The molecule has 0 aliphatic rings. The van der Waals surface area contributed by atoms with Gasteiger partial charge in [0.1, 0.15) is 5.82 Å². The first-order valence-corrected chi connectivity index (χ1v) is 8.64. The molecular formula is C17H18FNO3S. The van der Waals surface area contributed by atoms with Crippen LogP contribution in [0.5, 0.6) is 0 Å². The summed E-state index contributed by atoms with van der Waals surface area (Å²) in [6, 6.07) is 12.8. The van der Waals surface area contributed by atoms with Crippen molar-refractivity contribution in [3.05, 3.63) is 65.5 Å². The van der Waals surface area contributed by atoms with Crippen LogP contribution in [-0.2, 0) is 28.0 Å². The summed E-state index contributed by atoms with van der Waals surface area (Å²) in [7, 11) is -1.16. The Kier molecular flexibility index (Phi) is 6.43. The first-order valence-electron chi connectivity index (χ1n) is 7.16. The highest BCUT2D eigenvalue weighted by Crippen LogP contribution is 2.10. The normalized spacial score (nSPS) is 11.9. The molecule has 1 unspecified atom stereocenters. The summed E-state index contributed by atoms with van der Waals surface area (Å²) in [5.41, 5.74) is 2.08. The lowest BCUT2D eigenvalue weighted by Crippen LogP contribution is -2.15. The van der Waals surface area contributed by atoms with Crippen molar-refractivity contribution in [2.45, 2.75) is 18.8 Å². The van der Waals surface area contributed by atoms with E-state index in [2.05, 4.69) is 5.32 Å². The molecule has 0 radical (unpaired) electrons. The lowest BCUT2D eigenvalue weighted by molar-refractivity contribution is -0.115. The van der Waals surface area contributed by atoms with Gasteiger partial charge in [-0.2, -0.15) is 0 Å². The molecule has 0 aliphatic carbocycles. The van der Waals surface area contributed by atoms with Gasteiger partial charge in [0.05, 0.1) is 6.61 Å². The number of carbonyl (C=O) groups is 1. The number of carbonyl (C=O) groups excluding carboxylic acids is 1. The predicted octanol–water partition coefficient (Wildman–Crippen LogP) is 2.60. The summed E-state index contributed by atoms with van der Waals surface area (Å²) < 4.78 is 25.0. The first-order chi connectivity index (χ1) is 11.1. The van der Waals surface area contributed by atoms with E-state index in [-0.39, 0.29) is 24.7 Å². The van der Waals surface area contributed by atoms with Gasteiger partial charge < -0.3 is 10.4 Å². The largest absolute Gasteiger partial charge is 0.392 e. The van der Waals surface area contributed by atoms with Crippen LogP contribution in [0.15, 0.2) is 48.5 Å². The van der Waals surface area contributed by atoms with Gasteiger partial charge in [0, 0.05) is 34.4 Å². The fraction of sp³-hybridized carbons (Fsp3) is 0.235. The minimum atomic E-state index is -1.16. The fourth-order valence-corrected chi connectivity index (χ4v) is 3.12. The van der Waals surface area contributed by atoms with E-state index < -0.39 is 16.6 Å². The van der Waals surface area contributed by atoms with E-state index in [1.54, 1.807) is 18.2 Å². The molecule has 0 fully saturated rings. The fourth-order valence-electron chi connectivity index (χ4n) is 2.00. The van der Waals surface area contributed by atoms with Gasteiger partial charge in [0.15, 0.2) is 0 Å². The van der Waals surface area contributed by atoms with Crippen LogP contribution in [0.4, 0.5) is 10.1 Å². The van der Waals surface area contributed by atoms with Crippen LogP contribution in [0.25, 0.3) is 0 Å². The molecule has 0 aromatic heterocycles. The minimum absolute atomic E-state index is 0.0242. The summed E-state index contributed by atoms with van der Waals surface area (Å²) >= 11 is 0. The van der Waals surface area contributed by atoms with Gasteiger partial charge >= 0.3 is 0 Å². The van der Waals surface area contributed by atoms with Crippen LogP contribution in [0.3, 0.4) is 0 Å². The number of hydrogen-bond acceptors (Lipinski definition) is 3.